The first-order valence-corrected chi connectivity index (χ1v) is 8.03. The molecule has 0 fully saturated rings. The summed E-state index contributed by atoms with van der Waals surface area (Å²) < 4.78 is 11.3. The normalized spacial score (nSPS) is 12.6. The molecule has 0 spiro atoms. The van der Waals surface area contributed by atoms with Crippen molar-refractivity contribution < 1.29 is 9.47 Å². The van der Waals surface area contributed by atoms with Gasteiger partial charge in [-0.15, -0.1) is 0 Å². The Balaban J connectivity index is 0. The van der Waals surface area contributed by atoms with Gasteiger partial charge in [0.25, 0.3) is 0 Å². The van der Waals surface area contributed by atoms with E-state index in [0.717, 1.165) is 26.2 Å². The van der Waals surface area contributed by atoms with E-state index in [-0.39, 0.29) is 12.1 Å². The summed E-state index contributed by atoms with van der Waals surface area (Å²) in [6.45, 7) is 8.56. The number of nitrogens with two attached hydrogens (primary N) is 1. The van der Waals surface area contributed by atoms with Crippen LogP contribution in [0.1, 0.15) is 27.2 Å². The van der Waals surface area contributed by atoms with Gasteiger partial charge in [0, 0.05) is 13.2 Å². The smallest absolute Gasteiger partial charge is 0.138 e. The number of ether oxygens (including phenoxy) is 2. The van der Waals surface area contributed by atoms with Crippen LogP contribution in [-0.4, -0.2) is 34.5 Å². The topological polar surface area (TPSA) is 79.5 Å². The molecule has 0 radical (unpaired) electrons. The third-order valence-electron chi connectivity index (χ3n) is 2.35. The molecule has 0 saturated heterocycles. The van der Waals surface area contributed by atoms with Crippen LogP contribution in [-0.2, 0) is 9.47 Å². The van der Waals surface area contributed by atoms with Gasteiger partial charge in [-0.1, -0.05) is 19.0 Å². The Morgan fingerprint density at radius 2 is 1.67 bits per heavy atom. The molecule has 0 aromatic rings. The van der Waals surface area contributed by atoms with Gasteiger partial charge in [-0.05, 0) is 26.8 Å². The zero-order valence-corrected chi connectivity index (χ0v) is 11.7. The SMILES string of the molecule is CCOC(OCC)[SiH](CC)CCCN.N. The predicted molar refractivity (Wildman–Crippen MR) is 68.2 cm³/mol. The molecule has 5 heteroatoms. The molecule has 0 aliphatic carbocycles. The van der Waals surface area contributed by atoms with Crippen LogP contribution < -0.4 is 11.9 Å². The van der Waals surface area contributed by atoms with Crippen molar-refractivity contribution in [1.82, 2.24) is 6.15 Å². The van der Waals surface area contributed by atoms with Crippen molar-refractivity contribution >= 4 is 8.80 Å². The average Bonchev–Trinajstić information content (AvgIpc) is 2.19. The first kappa shape index (κ1) is 17.5. The Morgan fingerprint density at radius 1 is 1.13 bits per heavy atom. The Kier molecular flexibility index (Phi) is 14.1. The van der Waals surface area contributed by atoms with Crippen LogP contribution in [0.3, 0.4) is 0 Å². The Morgan fingerprint density at radius 3 is 2.00 bits per heavy atom. The summed E-state index contributed by atoms with van der Waals surface area (Å²) in [7, 11) is -0.905. The van der Waals surface area contributed by atoms with Crippen LogP contribution in [0.5, 0.6) is 0 Å². The fraction of sp³-hybridized carbons (Fsp3) is 1.00. The van der Waals surface area contributed by atoms with E-state index in [1.165, 1.54) is 12.1 Å². The summed E-state index contributed by atoms with van der Waals surface area (Å²) >= 11 is 0. The third-order valence-corrected chi connectivity index (χ3v) is 5.70. The van der Waals surface area contributed by atoms with Crippen LogP contribution in [0.4, 0.5) is 0 Å². The van der Waals surface area contributed by atoms with E-state index < -0.39 is 8.80 Å². The molecule has 0 aliphatic rings. The van der Waals surface area contributed by atoms with Crippen molar-refractivity contribution in [2.24, 2.45) is 5.73 Å². The van der Waals surface area contributed by atoms with Gasteiger partial charge in [-0.2, -0.15) is 0 Å². The van der Waals surface area contributed by atoms with Gasteiger partial charge in [0.2, 0.25) is 0 Å². The molecular weight excluding hydrogens is 208 g/mol. The van der Waals surface area contributed by atoms with Crippen molar-refractivity contribution in [1.29, 1.82) is 0 Å². The Hall–Kier alpha value is 0.0569. The first-order chi connectivity index (χ1) is 6.79. The second-order valence-electron chi connectivity index (χ2n) is 3.38. The lowest BCUT2D eigenvalue weighted by atomic mass is 10.5. The first-order valence-electron chi connectivity index (χ1n) is 5.73. The summed E-state index contributed by atoms with van der Waals surface area (Å²) in [5.74, 6) is 0.0987. The van der Waals surface area contributed by atoms with Gasteiger partial charge in [-0.25, -0.2) is 0 Å². The maximum Gasteiger partial charge on any atom is 0.138 e. The Labute approximate surface area is 95.7 Å². The van der Waals surface area contributed by atoms with Crippen LogP contribution in [0, 0.1) is 0 Å². The van der Waals surface area contributed by atoms with Gasteiger partial charge in [-0.3, -0.25) is 0 Å². The van der Waals surface area contributed by atoms with Crippen LogP contribution >= 0.6 is 0 Å². The minimum Gasteiger partial charge on any atom is -0.357 e. The molecule has 0 aliphatic heterocycles. The fourth-order valence-corrected chi connectivity index (χ4v) is 4.32. The molecule has 94 valence electrons. The van der Waals surface area contributed by atoms with Crippen molar-refractivity contribution in [3.63, 3.8) is 0 Å². The molecule has 1 unspecified atom stereocenters. The molecule has 4 nitrogen and oxygen atoms in total. The summed E-state index contributed by atoms with van der Waals surface area (Å²) in [6, 6.07) is 2.46. The largest absolute Gasteiger partial charge is 0.357 e. The van der Waals surface area contributed by atoms with E-state index in [1.807, 2.05) is 13.8 Å². The molecule has 0 saturated carbocycles. The van der Waals surface area contributed by atoms with E-state index in [1.54, 1.807) is 0 Å². The van der Waals surface area contributed by atoms with E-state index in [2.05, 4.69) is 6.92 Å². The van der Waals surface area contributed by atoms with E-state index >= 15 is 0 Å². The van der Waals surface area contributed by atoms with E-state index in [0.29, 0.717) is 0 Å². The second-order valence-corrected chi connectivity index (χ2v) is 6.84. The Bertz CT molecular complexity index is 122. The third kappa shape index (κ3) is 7.93. The minimum atomic E-state index is -0.905. The lowest BCUT2D eigenvalue weighted by Crippen LogP contribution is -2.35. The summed E-state index contributed by atoms with van der Waals surface area (Å²) in [4.78, 5) is 0. The lowest BCUT2D eigenvalue weighted by molar-refractivity contribution is -0.0857. The monoisotopic (exact) mass is 236 g/mol. The van der Waals surface area contributed by atoms with Gasteiger partial charge in [0.15, 0.2) is 0 Å². The number of hydrogen-bond donors (Lipinski definition) is 2. The average molecular weight is 236 g/mol. The zero-order valence-electron chi connectivity index (χ0n) is 10.5. The molecule has 0 heterocycles. The molecule has 1 atom stereocenters. The highest BCUT2D eigenvalue weighted by atomic mass is 28.3. The molecule has 15 heavy (non-hydrogen) atoms. The van der Waals surface area contributed by atoms with Crippen molar-refractivity contribution in [2.45, 2.75) is 45.2 Å². The number of hydrogen-bond acceptors (Lipinski definition) is 4. The van der Waals surface area contributed by atoms with Gasteiger partial charge < -0.3 is 21.4 Å². The highest BCUT2D eigenvalue weighted by Crippen LogP contribution is 2.11. The molecular formula is C10H28N2O2Si. The highest BCUT2D eigenvalue weighted by Gasteiger charge is 2.21. The zero-order chi connectivity index (χ0) is 10.8. The van der Waals surface area contributed by atoms with E-state index in [9.17, 15) is 0 Å². The van der Waals surface area contributed by atoms with Crippen LogP contribution in [0.15, 0.2) is 0 Å². The summed E-state index contributed by atoms with van der Waals surface area (Å²) in [5.41, 5.74) is 5.52. The van der Waals surface area contributed by atoms with E-state index in [4.69, 9.17) is 15.2 Å². The fourth-order valence-electron chi connectivity index (χ4n) is 1.56. The molecule has 0 aromatic carbocycles. The quantitative estimate of drug-likeness (QED) is 0.471. The second kappa shape index (κ2) is 12.1. The molecule has 0 amide bonds. The van der Waals surface area contributed by atoms with Gasteiger partial charge in [0.1, 0.15) is 14.7 Å². The van der Waals surface area contributed by atoms with Crippen molar-refractivity contribution in [3.05, 3.63) is 0 Å². The standard InChI is InChI=1S/C10H25NO2Si.H3N/c1-4-12-10(13-5-2)14(6-3)9-7-8-11;/h10,14H,4-9,11H2,1-3H3;1H3. The lowest BCUT2D eigenvalue weighted by Gasteiger charge is -2.24. The van der Waals surface area contributed by atoms with Gasteiger partial charge >= 0.3 is 0 Å². The van der Waals surface area contributed by atoms with Crippen LogP contribution in [0.25, 0.3) is 0 Å². The molecule has 0 rings (SSSR count). The van der Waals surface area contributed by atoms with Crippen molar-refractivity contribution in [2.75, 3.05) is 19.8 Å². The molecule has 5 N–H and O–H groups in total. The van der Waals surface area contributed by atoms with Crippen molar-refractivity contribution in [3.8, 4) is 0 Å². The maximum atomic E-state index is 5.63. The minimum absolute atomic E-state index is 0. The maximum absolute atomic E-state index is 5.63. The molecule has 0 bridgehead atoms. The molecule has 0 aromatic heterocycles. The summed E-state index contributed by atoms with van der Waals surface area (Å²) in [6.07, 6.45) is 1.11. The number of rotatable bonds is 9. The predicted octanol–water partition coefficient (Wildman–Crippen LogP) is 1.68. The van der Waals surface area contributed by atoms with Gasteiger partial charge in [0.05, 0.1) is 0 Å². The van der Waals surface area contributed by atoms with Crippen LogP contribution in [0.2, 0.25) is 12.1 Å². The highest BCUT2D eigenvalue weighted by molar-refractivity contribution is 6.59. The summed E-state index contributed by atoms with van der Waals surface area (Å²) in [5, 5.41) is 0.